The van der Waals surface area contributed by atoms with Crippen LogP contribution in [-0.2, 0) is 4.79 Å². The van der Waals surface area contributed by atoms with Gasteiger partial charge in [0.2, 0.25) is 5.91 Å². The first-order valence-electron chi connectivity index (χ1n) is 7.77. The zero-order chi connectivity index (χ0) is 14.4. The molecule has 0 aromatic carbocycles. The van der Waals surface area contributed by atoms with E-state index >= 15 is 0 Å². The molecule has 0 aliphatic carbocycles. The number of piperazine rings is 1. The third-order valence-electron chi connectivity index (χ3n) is 4.48. The molecule has 0 saturated carbocycles. The van der Waals surface area contributed by atoms with E-state index in [1.807, 2.05) is 18.7 Å². The largest absolute Gasteiger partial charge is 0.340 e. The molecule has 2 fully saturated rings. The van der Waals surface area contributed by atoms with Gasteiger partial charge in [-0.05, 0) is 26.8 Å². The van der Waals surface area contributed by atoms with Crippen LogP contribution in [0.25, 0.3) is 0 Å². The average molecular weight is 269 g/mol. The molecule has 0 aromatic heterocycles. The number of nitrogens with zero attached hydrogens (tertiary/aromatic N) is 3. The van der Waals surface area contributed by atoms with E-state index in [2.05, 4.69) is 23.8 Å². The Kier molecular flexibility index (Phi) is 6.80. The highest BCUT2D eigenvalue weighted by Gasteiger charge is 2.29. The summed E-state index contributed by atoms with van der Waals surface area (Å²) in [4.78, 5) is 18.2. The van der Waals surface area contributed by atoms with Gasteiger partial charge in [-0.3, -0.25) is 14.6 Å². The maximum atomic E-state index is 11.2. The molecule has 2 saturated heterocycles. The van der Waals surface area contributed by atoms with Gasteiger partial charge in [0.25, 0.3) is 0 Å². The van der Waals surface area contributed by atoms with Gasteiger partial charge in [0.05, 0.1) is 0 Å². The maximum absolute atomic E-state index is 11.2. The highest BCUT2D eigenvalue weighted by Crippen LogP contribution is 2.22. The van der Waals surface area contributed by atoms with Crippen molar-refractivity contribution >= 4 is 5.91 Å². The third-order valence-corrected chi connectivity index (χ3v) is 4.48. The Morgan fingerprint density at radius 2 is 1.68 bits per heavy atom. The van der Waals surface area contributed by atoms with E-state index in [4.69, 9.17) is 0 Å². The summed E-state index contributed by atoms with van der Waals surface area (Å²) in [5, 5.41) is 0. The van der Waals surface area contributed by atoms with Crippen LogP contribution in [0.2, 0.25) is 0 Å². The number of hydrogen-bond acceptors (Lipinski definition) is 3. The van der Waals surface area contributed by atoms with Crippen LogP contribution in [0.4, 0.5) is 0 Å². The Bertz CT molecular complexity index is 275. The molecule has 19 heavy (non-hydrogen) atoms. The Hall–Kier alpha value is -0.610. The Morgan fingerprint density at radius 1 is 1.11 bits per heavy atom. The maximum Gasteiger partial charge on any atom is 0.219 e. The van der Waals surface area contributed by atoms with E-state index in [-0.39, 0.29) is 5.91 Å². The fourth-order valence-corrected chi connectivity index (χ4v) is 2.96. The molecule has 2 heterocycles. The summed E-state index contributed by atoms with van der Waals surface area (Å²) in [5.41, 5.74) is 0. The molecule has 4 nitrogen and oxygen atoms in total. The summed E-state index contributed by atoms with van der Waals surface area (Å²) >= 11 is 0. The quantitative estimate of drug-likeness (QED) is 0.763. The van der Waals surface area contributed by atoms with Gasteiger partial charge in [-0.25, -0.2) is 0 Å². The van der Waals surface area contributed by atoms with E-state index in [1.165, 1.54) is 19.4 Å². The fourth-order valence-electron chi connectivity index (χ4n) is 2.96. The molecule has 0 N–H and O–H groups in total. The first kappa shape index (κ1) is 16.4. The van der Waals surface area contributed by atoms with Crippen molar-refractivity contribution in [2.24, 2.45) is 0 Å². The van der Waals surface area contributed by atoms with Crippen molar-refractivity contribution in [3.05, 3.63) is 0 Å². The smallest absolute Gasteiger partial charge is 0.219 e. The molecule has 0 bridgehead atoms. The minimum Gasteiger partial charge on any atom is -0.340 e. The molecule has 2 unspecified atom stereocenters. The summed E-state index contributed by atoms with van der Waals surface area (Å²) in [5.74, 6) is 0.219. The van der Waals surface area contributed by atoms with Crippen LogP contribution in [-0.4, -0.2) is 72.5 Å². The Labute approximate surface area is 118 Å². The van der Waals surface area contributed by atoms with Crippen molar-refractivity contribution < 1.29 is 4.79 Å². The van der Waals surface area contributed by atoms with Crippen LogP contribution in [0, 0.1) is 0 Å². The Morgan fingerprint density at radius 3 is 2.11 bits per heavy atom. The third kappa shape index (κ3) is 4.46. The standard InChI is InChI=1S/C13H25N3O.C2H6/c1-11-4-5-13(14(11)3)10-15-6-8-16(9-7-15)12(2)17;1-2/h11,13H,4-10H2,1-3H3;1-2H3. The van der Waals surface area contributed by atoms with Crippen molar-refractivity contribution in [2.75, 3.05) is 39.8 Å². The van der Waals surface area contributed by atoms with Gasteiger partial charge in [0.1, 0.15) is 0 Å². The van der Waals surface area contributed by atoms with Gasteiger partial charge in [0, 0.05) is 51.7 Å². The normalized spacial score (nSPS) is 29.0. The number of likely N-dealkylation sites (tertiary alicyclic amines) is 1. The minimum absolute atomic E-state index is 0.219. The lowest BCUT2D eigenvalue weighted by Crippen LogP contribution is -2.51. The number of carbonyl (C=O) groups excluding carboxylic acids is 1. The second-order valence-corrected chi connectivity index (χ2v) is 5.55. The van der Waals surface area contributed by atoms with Gasteiger partial charge >= 0.3 is 0 Å². The second-order valence-electron chi connectivity index (χ2n) is 5.55. The predicted octanol–water partition coefficient (Wildman–Crippen LogP) is 1.66. The molecule has 0 aromatic rings. The molecular weight excluding hydrogens is 238 g/mol. The number of hydrogen-bond donors (Lipinski definition) is 0. The topological polar surface area (TPSA) is 26.8 Å². The first-order valence-corrected chi connectivity index (χ1v) is 7.77. The van der Waals surface area contributed by atoms with Crippen LogP contribution < -0.4 is 0 Å². The minimum atomic E-state index is 0.219. The van der Waals surface area contributed by atoms with Crippen molar-refractivity contribution in [3.63, 3.8) is 0 Å². The van der Waals surface area contributed by atoms with E-state index < -0.39 is 0 Å². The molecule has 0 radical (unpaired) electrons. The molecule has 2 atom stereocenters. The van der Waals surface area contributed by atoms with E-state index in [0.717, 1.165) is 32.2 Å². The van der Waals surface area contributed by atoms with E-state index in [0.29, 0.717) is 6.04 Å². The van der Waals surface area contributed by atoms with Crippen molar-refractivity contribution in [2.45, 2.75) is 52.6 Å². The highest BCUT2D eigenvalue weighted by molar-refractivity contribution is 5.73. The molecule has 2 aliphatic rings. The van der Waals surface area contributed by atoms with Gasteiger partial charge in [-0.15, -0.1) is 0 Å². The number of carbonyl (C=O) groups is 1. The SMILES string of the molecule is CC.CC(=O)N1CCN(CC2CCC(C)N2C)CC1. The van der Waals surface area contributed by atoms with E-state index in [1.54, 1.807) is 6.92 Å². The summed E-state index contributed by atoms with van der Waals surface area (Å²) < 4.78 is 0. The van der Waals surface area contributed by atoms with Gasteiger partial charge < -0.3 is 4.90 Å². The molecule has 4 heteroatoms. The second kappa shape index (κ2) is 7.85. The lowest BCUT2D eigenvalue weighted by Gasteiger charge is -2.37. The zero-order valence-electron chi connectivity index (χ0n) is 13.4. The molecule has 0 spiro atoms. The predicted molar refractivity (Wildman–Crippen MR) is 80.3 cm³/mol. The fraction of sp³-hybridized carbons (Fsp3) is 0.933. The molecule has 2 rings (SSSR count). The van der Waals surface area contributed by atoms with Crippen molar-refractivity contribution in [1.82, 2.24) is 14.7 Å². The molecule has 2 aliphatic heterocycles. The van der Waals surface area contributed by atoms with Crippen LogP contribution in [0.5, 0.6) is 0 Å². The molecule has 1 amide bonds. The first-order chi connectivity index (χ1) is 9.08. The number of amides is 1. The van der Waals surface area contributed by atoms with Gasteiger partial charge in [-0.2, -0.15) is 0 Å². The number of likely N-dealkylation sites (N-methyl/N-ethyl adjacent to an activating group) is 1. The highest BCUT2D eigenvalue weighted by atomic mass is 16.2. The zero-order valence-corrected chi connectivity index (χ0v) is 13.4. The van der Waals surface area contributed by atoms with Crippen LogP contribution in [0.1, 0.15) is 40.5 Å². The number of rotatable bonds is 2. The van der Waals surface area contributed by atoms with Crippen LogP contribution in [0.3, 0.4) is 0 Å². The van der Waals surface area contributed by atoms with Crippen LogP contribution in [0.15, 0.2) is 0 Å². The van der Waals surface area contributed by atoms with Crippen molar-refractivity contribution in [1.29, 1.82) is 0 Å². The van der Waals surface area contributed by atoms with Crippen LogP contribution >= 0.6 is 0 Å². The molecular formula is C15H31N3O. The lowest BCUT2D eigenvalue weighted by molar-refractivity contribution is -0.130. The van der Waals surface area contributed by atoms with Crippen molar-refractivity contribution in [3.8, 4) is 0 Å². The summed E-state index contributed by atoms with van der Waals surface area (Å²) in [6.45, 7) is 13.0. The lowest BCUT2D eigenvalue weighted by atomic mass is 10.2. The summed E-state index contributed by atoms with van der Waals surface area (Å²) in [6, 6.07) is 1.45. The van der Waals surface area contributed by atoms with Gasteiger partial charge in [0.15, 0.2) is 0 Å². The summed E-state index contributed by atoms with van der Waals surface area (Å²) in [6.07, 6.45) is 2.65. The average Bonchev–Trinajstić information content (AvgIpc) is 2.74. The monoisotopic (exact) mass is 269 g/mol. The van der Waals surface area contributed by atoms with Gasteiger partial charge in [-0.1, -0.05) is 13.8 Å². The van der Waals surface area contributed by atoms with E-state index in [9.17, 15) is 4.79 Å². The Balaban J connectivity index is 0.000000861. The molecule has 112 valence electrons. The summed E-state index contributed by atoms with van der Waals surface area (Å²) in [7, 11) is 2.24.